The number of rotatable bonds is 3. The fourth-order valence-corrected chi connectivity index (χ4v) is 1.43. The normalized spacial score (nSPS) is 19.7. The van der Waals surface area contributed by atoms with Crippen molar-refractivity contribution in [1.82, 2.24) is 0 Å². The van der Waals surface area contributed by atoms with Crippen molar-refractivity contribution in [3.63, 3.8) is 0 Å². The lowest BCUT2D eigenvalue weighted by Crippen LogP contribution is -1.90. The van der Waals surface area contributed by atoms with Gasteiger partial charge in [0.25, 0.3) is 0 Å². The molecule has 0 saturated heterocycles. The molecule has 1 heterocycles. The molecule has 1 aliphatic heterocycles. The summed E-state index contributed by atoms with van der Waals surface area (Å²) in [6, 6.07) is 0. The molecule has 2 nitrogen and oxygen atoms in total. The van der Waals surface area contributed by atoms with Crippen LogP contribution in [0.3, 0.4) is 0 Å². The zero-order valence-corrected chi connectivity index (χ0v) is 9.58. The second-order valence-corrected chi connectivity index (χ2v) is 3.82. The molecule has 0 aromatic carbocycles. The van der Waals surface area contributed by atoms with Crippen LogP contribution in [0.15, 0.2) is 33.6 Å². The van der Waals surface area contributed by atoms with Crippen LogP contribution in [0.2, 0.25) is 0 Å². The van der Waals surface area contributed by atoms with E-state index in [1.165, 1.54) is 6.08 Å². The lowest BCUT2D eigenvalue weighted by Gasteiger charge is -1.96. The lowest BCUT2D eigenvalue weighted by molar-refractivity contribution is -0.132. The lowest BCUT2D eigenvalue weighted by atomic mass is 10.3. The summed E-state index contributed by atoms with van der Waals surface area (Å²) in [5.74, 6) is 0.367. The average Bonchev–Trinajstić information content (AvgIpc) is 2.52. The maximum atomic E-state index is 10.7. The molecule has 0 aromatic heterocycles. The Bertz CT molecular complexity index is 287. The first-order valence-electron chi connectivity index (χ1n) is 4.20. The molecule has 0 bridgehead atoms. The highest BCUT2D eigenvalue weighted by Crippen LogP contribution is 2.21. The molecule has 0 aliphatic carbocycles. The topological polar surface area (TPSA) is 26.3 Å². The van der Waals surface area contributed by atoms with Crippen molar-refractivity contribution >= 4 is 28.6 Å². The third-order valence-electron chi connectivity index (χ3n) is 1.54. The largest absolute Gasteiger partial charge is 0.422 e. The van der Waals surface area contributed by atoms with Gasteiger partial charge in [0.1, 0.15) is 5.76 Å². The van der Waals surface area contributed by atoms with Crippen molar-refractivity contribution in [1.29, 1.82) is 0 Å². The Kier molecular flexibility index (Phi) is 4.21. The van der Waals surface area contributed by atoms with Gasteiger partial charge < -0.3 is 4.74 Å². The molecule has 0 fully saturated rings. The van der Waals surface area contributed by atoms with E-state index in [4.69, 9.17) is 4.74 Å². The molecule has 0 saturated carbocycles. The second-order valence-electron chi connectivity index (χ2n) is 2.66. The first-order valence-corrected chi connectivity index (χ1v) is 5.28. The van der Waals surface area contributed by atoms with Crippen LogP contribution in [0.4, 0.5) is 0 Å². The fourth-order valence-electron chi connectivity index (χ4n) is 0.884. The van der Waals surface area contributed by atoms with Gasteiger partial charge in [-0.25, -0.2) is 4.79 Å². The molecule has 1 rings (SSSR count). The van der Waals surface area contributed by atoms with Crippen molar-refractivity contribution in [2.45, 2.75) is 19.8 Å². The fraction of sp³-hybridized carbons (Fsp3) is 0.300. The van der Waals surface area contributed by atoms with Gasteiger partial charge in [-0.15, -0.1) is 0 Å². The van der Waals surface area contributed by atoms with Crippen LogP contribution in [0.25, 0.3) is 0 Å². The van der Waals surface area contributed by atoms with Gasteiger partial charge in [-0.1, -0.05) is 19.4 Å². The molecule has 0 aromatic rings. The number of ether oxygens (including phenoxy) is 1. The van der Waals surface area contributed by atoms with Gasteiger partial charge in [0.05, 0.1) is 3.58 Å². The van der Waals surface area contributed by atoms with Crippen LogP contribution in [-0.2, 0) is 9.53 Å². The van der Waals surface area contributed by atoms with E-state index in [-0.39, 0.29) is 5.97 Å². The Balaban J connectivity index is 2.60. The summed E-state index contributed by atoms with van der Waals surface area (Å²) in [7, 11) is 0. The van der Waals surface area contributed by atoms with Gasteiger partial charge in [0.15, 0.2) is 0 Å². The van der Waals surface area contributed by atoms with Crippen LogP contribution in [-0.4, -0.2) is 5.97 Å². The Labute approximate surface area is 91.5 Å². The smallest absolute Gasteiger partial charge is 0.336 e. The van der Waals surface area contributed by atoms with Gasteiger partial charge in [-0.3, -0.25) is 0 Å². The minimum Gasteiger partial charge on any atom is -0.422 e. The molecule has 0 spiro atoms. The number of hydrogen-bond acceptors (Lipinski definition) is 2. The summed E-state index contributed by atoms with van der Waals surface area (Å²) in [5, 5.41) is 0. The summed E-state index contributed by atoms with van der Waals surface area (Å²) in [6.07, 6.45) is 9.36. The van der Waals surface area contributed by atoms with Crippen molar-refractivity contribution in [3.05, 3.63) is 33.6 Å². The minimum absolute atomic E-state index is 0.284. The number of allylic oxidation sites excluding steroid dienone is 4. The first-order chi connectivity index (χ1) is 6.24. The van der Waals surface area contributed by atoms with E-state index in [1.54, 1.807) is 6.08 Å². The van der Waals surface area contributed by atoms with Crippen molar-refractivity contribution in [3.8, 4) is 0 Å². The van der Waals surface area contributed by atoms with E-state index >= 15 is 0 Å². The molecule has 0 N–H and O–H groups in total. The van der Waals surface area contributed by atoms with Crippen LogP contribution in [0.5, 0.6) is 0 Å². The third-order valence-corrected chi connectivity index (χ3v) is 2.43. The molecular formula is C10H11IO2. The quantitative estimate of drug-likeness (QED) is 0.589. The molecule has 13 heavy (non-hydrogen) atoms. The summed E-state index contributed by atoms with van der Waals surface area (Å²) in [4.78, 5) is 10.7. The van der Waals surface area contributed by atoms with E-state index in [0.717, 1.165) is 16.4 Å². The highest BCUT2D eigenvalue weighted by atomic mass is 127. The van der Waals surface area contributed by atoms with E-state index in [2.05, 4.69) is 35.6 Å². The zero-order chi connectivity index (χ0) is 9.68. The molecular weight excluding hydrogens is 279 g/mol. The molecule has 0 radical (unpaired) electrons. The molecule has 0 atom stereocenters. The molecule has 3 heteroatoms. The minimum atomic E-state index is -0.284. The van der Waals surface area contributed by atoms with E-state index in [9.17, 15) is 4.79 Å². The van der Waals surface area contributed by atoms with Gasteiger partial charge in [-0.05, 0) is 41.2 Å². The number of esters is 1. The van der Waals surface area contributed by atoms with Crippen molar-refractivity contribution in [2.75, 3.05) is 0 Å². The Morgan fingerprint density at radius 2 is 2.38 bits per heavy atom. The Hall–Kier alpha value is -0.580. The predicted octanol–water partition coefficient (Wildman–Crippen LogP) is 3.10. The Morgan fingerprint density at radius 1 is 1.62 bits per heavy atom. The summed E-state index contributed by atoms with van der Waals surface area (Å²) in [6.45, 7) is 2.12. The van der Waals surface area contributed by atoms with Crippen molar-refractivity contribution in [2.24, 2.45) is 0 Å². The molecule has 70 valence electrons. The Morgan fingerprint density at radius 3 is 2.92 bits per heavy atom. The average molecular weight is 290 g/mol. The van der Waals surface area contributed by atoms with Crippen LogP contribution in [0.1, 0.15) is 19.8 Å². The number of carbonyl (C=O) groups is 1. The maximum absolute atomic E-state index is 10.7. The van der Waals surface area contributed by atoms with E-state index in [0.29, 0.717) is 5.76 Å². The maximum Gasteiger partial charge on any atom is 0.336 e. The summed E-state index contributed by atoms with van der Waals surface area (Å²) < 4.78 is 5.89. The second kappa shape index (κ2) is 5.21. The van der Waals surface area contributed by atoms with Crippen LogP contribution in [0, 0.1) is 0 Å². The predicted molar refractivity (Wildman–Crippen MR) is 60.3 cm³/mol. The van der Waals surface area contributed by atoms with Gasteiger partial charge in [0, 0.05) is 6.08 Å². The van der Waals surface area contributed by atoms with Gasteiger partial charge in [-0.2, -0.15) is 0 Å². The third kappa shape index (κ3) is 3.34. The molecule has 1 aliphatic rings. The number of unbranched alkanes of at least 4 members (excludes halogenated alkanes) is 1. The number of cyclic esters (lactones) is 1. The summed E-state index contributed by atoms with van der Waals surface area (Å²) in [5.41, 5.74) is 0. The number of carbonyl (C=O) groups excluding carboxylic acids is 1. The number of halogens is 1. The van der Waals surface area contributed by atoms with Crippen molar-refractivity contribution < 1.29 is 9.53 Å². The number of hydrogen-bond donors (Lipinski definition) is 0. The molecule has 0 amide bonds. The highest BCUT2D eigenvalue weighted by molar-refractivity contribution is 14.1. The van der Waals surface area contributed by atoms with Crippen LogP contribution >= 0.6 is 22.6 Å². The van der Waals surface area contributed by atoms with Gasteiger partial charge in [0.2, 0.25) is 0 Å². The standard InChI is InChI=1S/C10H11IO2/c1-2-3-4-5-8(11)9-6-7-10(12)13-9/h4-7H,2-3H2,1H3/b5-4+,9-8+. The monoisotopic (exact) mass is 290 g/mol. The SMILES string of the molecule is CCC/C=C/C(I)=C1/C=CC(=O)O1. The van der Waals surface area contributed by atoms with Gasteiger partial charge >= 0.3 is 5.97 Å². The summed E-state index contributed by atoms with van der Waals surface area (Å²) >= 11 is 2.16. The highest BCUT2D eigenvalue weighted by Gasteiger charge is 2.11. The van der Waals surface area contributed by atoms with E-state index < -0.39 is 0 Å². The molecule has 0 unspecified atom stereocenters. The van der Waals surface area contributed by atoms with E-state index in [1.807, 2.05) is 6.08 Å². The first kappa shape index (κ1) is 10.5. The zero-order valence-electron chi connectivity index (χ0n) is 7.42. The van der Waals surface area contributed by atoms with Crippen LogP contribution < -0.4 is 0 Å².